The van der Waals surface area contributed by atoms with E-state index in [0.29, 0.717) is 6.04 Å². The predicted molar refractivity (Wildman–Crippen MR) is 82.9 cm³/mol. The van der Waals surface area contributed by atoms with Crippen molar-refractivity contribution in [1.82, 2.24) is 5.32 Å². The second kappa shape index (κ2) is 6.84. The van der Waals surface area contributed by atoms with Crippen LogP contribution in [0.1, 0.15) is 23.6 Å². The van der Waals surface area contributed by atoms with E-state index >= 15 is 0 Å². The molecule has 1 amide bonds. The average Bonchev–Trinajstić information content (AvgIpc) is 2.97. The molecule has 3 nitrogen and oxygen atoms in total. The van der Waals surface area contributed by atoms with Crippen LogP contribution in [-0.2, 0) is 17.8 Å². The van der Waals surface area contributed by atoms with Crippen LogP contribution in [0.25, 0.3) is 0 Å². The maximum absolute atomic E-state index is 11.1. The number of anilines is 1. The van der Waals surface area contributed by atoms with Gasteiger partial charge >= 0.3 is 0 Å². The molecule has 102 valence electrons. The Morgan fingerprint density at radius 1 is 1.32 bits per heavy atom. The van der Waals surface area contributed by atoms with E-state index in [1.807, 2.05) is 11.4 Å². The summed E-state index contributed by atoms with van der Waals surface area (Å²) in [6.07, 6.45) is 1.04. The number of hydrogen-bond donors (Lipinski definition) is 2. The summed E-state index contributed by atoms with van der Waals surface area (Å²) in [5, 5.41) is 10.5. The number of thiophene rings is 2. The van der Waals surface area contributed by atoms with Crippen LogP contribution < -0.4 is 10.6 Å². The molecule has 2 aromatic heterocycles. The summed E-state index contributed by atoms with van der Waals surface area (Å²) < 4.78 is 0. The second-order valence-corrected chi connectivity index (χ2v) is 6.54. The van der Waals surface area contributed by atoms with Crippen molar-refractivity contribution in [2.45, 2.75) is 32.9 Å². The van der Waals surface area contributed by atoms with E-state index in [9.17, 15) is 4.79 Å². The van der Waals surface area contributed by atoms with E-state index in [-0.39, 0.29) is 5.91 Å². The molecule has 2 rings (SSSR count). The lowest BCUT2D eigenvalue weighted by molar-refractivity contribution is -0.114. The largest absolute Gasteiger partial charge is 0.325 e. The Kier molecular flexibility index (Phi) is 5.13. The summed E-state index contributed by atoms with van der Waals surface area (Å²) in [6.45, 7) is 4.51. The molecule has 19 heavy (non-hydrogen) atoms. The van der Waals surface area contributed by atoms with Crippen LogP contribution in [0.15, 0.2) is 29.0 Å². The molecule has 0 spiro atoms. The van der Waals surface area contributed by atoms with Gasteiger partial charge in [-0.05, 0) is 36.2 Å². The van der Waals surface area contributed by atoms with Crippen molar-refractivity contribution < 1.29 is 4.79 Å². The molecule has 0 aromatic carbocycles. The zero-order chi connectivity index (χ0) is 13.7. The van der Waals surface area contributed by atoms with Gasteiger partial charge in [-0.15, -0.1) is 22.7 Å². The van der Waals surface area contributed by atoms with Gasteiger partial charge in [-0.1, -0.05) is 6.07 Å². The fraction of sp³-hybridized carbons (Fsp3) is 0.357. The van der Waals surface area contributed by atoms with Gasteiger partial charge < -0.3 is 10.6 Å². The summed E-state index contributed by atoms with van der Waals surface area (Å²) in [6, 6.07) is 6.62. The lowest BCUT2D eigenvalue weighted by Gasteiger charge is -2.13. The standard InChI is InChI=1S/C14H18N2OS2/c1-10(8-12-4-3-6-18-12)15-9-14-13(5-7-19-14)16-11(2)17/h3-7,10,15H,8-9H2,1-2H3,(H,16,17). The van der Waals surface area contributed by atoms with E-state index in [2.05, 4.69) is 35.1 Å². The molecule has 0 saturated carbocycles. The Hall–Kier alpha value is -1.17. The highest BCUT2D eigenvalue weighted by atomic mass is 32.1. The first kappa shape index (κ1) is 14.2. The van der Waals surface area contributed by atoms with Crippen molar-refractivity contribution in [3.8, 4) is 0 Å². The number of amides is 1. The molecule has 0 aliphatic carbocycles. The van der Waals surface area contributed by atoms with Crippen LogP contribution in [0.4, 0.5) is 5.69 Å². The Balaban J connectivity index is 1.84. The molecule has 1 atom stereocenters. The first-order valence-corrected chi connectivity index (χ1v) is 8.01. The van der Waals surface area contributed by atoms with Crippen LogP contribution in [0.3, 0.4) is 0 Å². The van der Waals surface area contributed by atoms with Gasteiger partial charge in [0, 0.05) is 29.3 Å². The number of hydrogen-bond acceptors (Lipinski definition) is 4. The van der Waals surface area contributed by atoms with Crippen LogP contribution in [-0.4, -0.2) is 11.9 Å². The van der Waals surface area contributed by atoms with E-state index in [0.717, 1.165) is 18.7 Å². The van der Waals surface area contributed by atoms with Crippen molar-refractivity contribution in [1.29, 1.82) is 0 Å². The molecule has 0 aliphatic rings. The van der Waals surface area contributed by atoms with Crippen LogP contribution in [0, 0.1) is 0 Å². The Morgan fingerprint density at radius 2 is 2.16 bits per heavy atom. The molecule has 1 unspecified atom stereocenters. The SMILES string of the molecule is CC(=O)Nc1ccsc1CNC(C)Cc1cccs1. The first-order valence-electron chi connectivity index (χ1n) is 6.25. The van der Waals surface area contributed by atoms with Gasteiger partial charge in [0.05, 0.1) is 5.69 Å². The normalized spacial score (nSPS) is 12.3. The van der Waals surface area contributed by atoms with E-state index in [4.69, 9.17) is 0 Å². The topological polar surface area (TPSA) is 41.1 Å². The average molecular weight is 294 g/mol. The molecule has 2 aromatic rings. The minimum atomic E-state index is -0.0220. The van der Waals surface area contributed by atoms with E-state index < -0.39 is 0 Å². The lowest BCUT2D eigenvalue weighted by Crippen LogP contribution is -2.27. The fourth-order valence-electron chi connectivity index (χ4n) is 1.85. The van der Waals surface area contributed by atoms with Crippen LogP contribution in [0.2, 0.25) is 0 Å². The molecular formula is C14H18N2OS2. The molecule has 2 heterocycles. The summed E-state index contributed by atoms with van der Waals surface area (Å²) in [5.41, 5.74) is 0.924. The molecule has 0 saturated heterocycles. The smallest absolute Gasteiger partial charge is 0.221 e. The van der Waals surface area contributed by atoms with Crippen molar-refractivity contribution in [2.24, 2.45) is 0 Å². The summed E-state index contributed by atoms with van der Waals surface area (Å²) in [7, 11) is 0. The summed E-state index contributed by atoms with van der Waals surface area (Å²) in [4.78, 5) is 13.7. The zero-order valence-electron chi connectivity index (χ0n) is 11.1. The number of rotatable bonds is 6. The van der Waals surface area contributed by atoms with Gasteiger partial charge in [0.15, 0.2) is 0 Å². The maximum Gasteiger partial charge on any atom is 0.221 e. The highest BCUT2D eigenvalue weighted by Crippen LogP contribution is 2.22. The molecular weight excluding hydrogens is 276 g/mol. The van der Waals surface area contributed by atoms with Crippen molar-refractivity contribution in [3.63, 3.8) is 0 Å². The fourth-order valence-corrected chi connectivity index (χ4v) is 3.46. The highest BCUT2D eigenvalue weighted by Gasteiger charge is 2.08. The molecule has 5 heteroatoms. The second-order valence-electron chi connectivity index (χ2n) is 4.50. The minimum absolute atomic E-state index is 0.0220. The molecule has 0 radical (unpaired) electrons. The first-order chi connectivity index (χ1) is 9.15. The van der Waals surface area contributed by atoms with Crippen molar-refractivity contribution in [2.75, 3.05) is 5.32 Å². The Bertz CT molecular complexity index is 519. The van der Waals surface area contributed by atoms with Gasteiger partial charge in [0.2, 0.25) is 5.91 Å². The van der Waals surface area contributed by atoms with E-state index in [1.54, 1.807) is 22.7 Å². The third-order valence-electron chi connectivity index (χ3n) is 2.75. The lowest BCUT2D eigenvalue weighted by atomic mass is 10.2. The predicted octanol–water partition coefficient (Wildman–Crippen LogP) is 3.49. The third kappa shape index (κ3) is 4.45. The van der Waals surface area contributed by atoms with Crippen molar-refractivity contribution >= 4 is 34.3 Å². The van der Waals surface area contributed by atoms with Gasteiger partial charge in [-0.2, -0.15) is 0 Å². The quantitative estimate of drug-likeness (QED) is 0.856. The monoisotopic (exact) mass is 294 g/mol. The van der Waals surface area contributed by atoms with Gasteiger partial charge in [-0.3, -0.25) is 4.79 Å². The van der Waals surface area contributed by atoms with Crippen LogP contribution >= 0.6 is 22.7 Å². The number of carbonyl (C=O) groups is 1. The minimum Gasteiger partial charge on any atom is -0.325 e. The van der Waals surface area contributed by atoms with Gasteiger partial charge in [0.1, 0.15) is 0 Å². The van der Waals surface area contributed by atoms with Crippen LogP contribution in [0.5, 0.6) is 0 Å². The Labute approximate surface area is 121 Å². The molecule has 0 bridgehead atoms. The summed E-state index contributed by atoms with van der Waals surface area (Å²) in [5.74, 6) is -0.0220. The molecule has 0 fully saturated rings. The molecule has 2 N–H and O–H groups in total. The third-order valence-corrected chi connectivity index (χ3v) is 4.57. The maximum atomic E-state index is 11.1. The zero-order valence-corrected chi connectivity index (χ0v) is 12.7. The molecule has 0 aliphatic heterocycles. The summed E-state index contributed by atoms with van der Waals surface area (Å²) >= 11 is 3.46. The van der Waals surface area contributed by atoms with Gasteiger partial charge in [0.25, 0.3) is 0 Å². The highest BCUT2D eigenvalue weighted by molar-refractivity contribution is 7.10. The number of carbonyl (C=O) groups excluding carboxylic acids is 1. The van der Waals surface area contributed by atoms with Crippen molar-refractivity contribution in [3.05, 3.63) is 38.7 Å². The number of nitrogens with one attached hydrogen (secondary N) is 2. The Morgan fingerprint density at radius 3 is 2.84 bits per heavy atom. The van der Waals surface area contributed by atoms with Gasteiger partial charge in [-0.25, -0.2) is 0 Å². The van der Waals surface area contributed by atoms with E-state index in [1.165, 1.54) is 16.7 Å².